The van der Waals surface area contributed by atoms with E-state index in [0.29, 0.717) is 26.2 Å². The van der Waals surface area contributed by atoms with E-state index in [1.165, 1.54) is 6.92 Å². The molecule has 1 fully saturated rings. The summed E-state index contributed by atoms with van der Waals surface area (Å²) >= 11 is 0. The fourth-order valence-corrected chi connectivity index (χ4v) is 1.74. The fraction of sp³-hybridized carbons (Fsp3) is 0.909. The van der Waals surface area contributed by atoms with Crippen molar-refractivity contribution >= 4 is 5.91 Å². The van der Waals surface area contributed by atoms with E-state index >= 15 is 0 Å². The monoisotopic (exact) mass is 245 g/mol. The summed E-state index contributed by atoms with van der Waals surface area (Å²) in [6, 6.07) is 0. The smallest absolute Gasteiger partial charge is 0.216 e. The molecule has 0 saturated carbocycles. The van der Waals surface area contributed by atoms with Gasteiger partial charge in [-0.2, -0.15) is 0 Å². The molecule has 1 unspecified atom stereocenters. The highest BCUT2D eigenvalue weighted by molar-refractivity contribution is 5.72. The number of carbonyl (C=O) groups excluding carboxylic acids is 1. The largest absolute Gasteiger partial charge is 0.390 e. The molecule has 0 aromatic heterocycles. The minimum Gasteiger partial charge on any atom is -0.390 e. The van der Waals surface area contributed by atoms with E-state index in [2.05, 4.69) is 15.5 Å². The molecule has 100 valence electrons. The second-order valence-electron chi connectivity index (χ2n) is 4.25. The summed E-state index contributed by atoms with van der Waals surface area (Å²) in [6.45, 7) is 7.29. The summed E-state index contributed by atoms with van der Waals surface area (Å²) < 4.78 is 5.24. The zero-order valence-corrected chi connectivity index (χ0v) is 10.4. The first kappa shape index (κ1) is 14.4. The number of hydrogen-bond acceptors (Lipinski definition) is 5. The predicted molar refractivity (Wildman–Crippen MR) is 64.8 cm³/mol. The summed E-state index contributed by atoms with van der Waals surface area (Å²) in [5.41, 5.74) is 0. The molecule has 1 amide bonds. The Morgan fingerprint density at radius 2 is 2.12 bits per heavy atom. The van der Waals surface area contributed by atoms with E-state index in [1.807, 2.05) is 0 Å². The Bertz CT molecular complexity index is 220. The van der Waals surface area contributed by atoms with Crippen molar-refractivity contribution in [1.29, 1.82) is 0 Å². The summed E-state index contributed by atoms with van der Waals surface area (Å²) in [5.74, 6) is -0.0272. The summed E-state index contributed by atoms with van der Waals surface area (Å²) in [4.78, 5) is 12.8. The van der Waals surface area contributed by atoms with E-state index < -0.39 is 0 Å². The quantitative estimate of drug-likeness (QED) is 0.471. The predicted octanol–water partition coefficient (Wildman–Crippen LogP) is -1.59. The van der Waals surface area contributed by atoms with Gasteiger partial charge in [0.25, 0.3) is 0 Å². The molecule has 0 aliphatic carbocycles. The van der Waals surface area contributed by atoms with Gasteiger partial charge < -0.3 is 20.5 Å². The van der Waals surface area contributed by atoms with Crippen molar-refractivity contribution < 1.29 is 14.6 Å². The van der Waals surface area contributed by atoms with Crippen LogP contribution >= 0.6 is 0 Å². The maximum atomic E-state index is 10.6. The van der Waals surface area contributed by atoms with E-state index in [-0.39, 0.29) is 12.0 Å². The average Bonchev–Trinajstić information content (AvgIpc) is 2.29. The van der Waals surface area contributed by atoms with Crippen molar-refractivity contribution in [2.75, 3.05) is 52.5 Å². The van der Waals surface area contributed by atoms with Gasteiger partial charge in [-0.1, -0.05) is 0 Å². The van der Waals surface area contributed by atoms with E-state index in [9.17, 15) is 9.90 Å². The van der Waals surface area contributed by atoms with Gasteiger partial charge in [-0.05, 0) is 0 Å². The molecule has 0 spiro atoms. The zero-order chi connectivity index (χ0) is 12.5. The van der Waals surface area contributed by atoms with Gasteiger partial charge in [0.05, 0.1) is 19.3 Å². The Morgan fingerprint density at radius 1 is 1.41 bits per heavy atom. The van der Waals surface area contributed by atoms with Crippen LogP contribution in [0.2, 0.25) is 0 Å². The number of aliphatic hydroxyl groups excluding tert-OH is 1. The number of nitrogens with one attached hydrogen (secondary N) is 2. The number of nitrogens with zero attached hydrogens (tertiary/aromatic N) is 1. The van der Waals surface area contributed by atoms with Crippen LogP contribution in [-0.2, 0) is 9.53 Å². The molecular formula is C11H23N3O3. The number of β-amino-alcohol motifs (C(OH)–C–C–N with tert-alkyl or cyclic N) is 1. The number of carbonyl (C=O) groups is 1. The van der Waals surface area contributed by atoms with E-state index in [0.717, 1.165) is 26.3 Å². The Labute approximate surface area is 102 Å². The van der Waals surface area contributed by atoms with Gasteiger partial charge in [0.2, 0.25) is 5.91 Å². The molecule has 1 saturated heterocycles. The van der Waals surface area contributed by atoms with Crippen LogP contribution in [0.25, 0.3) is 0 Å². The standard InChI is InChI=1S/C11H23N3O3/c1-10(15)13-3-2-12-8-11(16)9-14-4-6-17-7-5-14/h11-12,16H,2-9H2,1H3,(H,13,15). The number of amides is 1. The number of aliphatic hydroxyl groups is 1. The van der Waals surface area contributed by atoms with Crippen molar-refractivity contribution in [3.8, 4) is 0 Å². The molecule has 1 atom stereocenters. The van der Waals surface area contributed by atoms with Crippen LogP contribution in [0, 0.1) is 0 Å². The first-order valence-electron chi connectivity index (χ1n) is 6.12. The molecule has 17 heavy (non-hydrogen) atoms. The third-order valence-electron chi connectivity index (χ3n) is 2.63. The van der Waals surface area contributed by atoms with Crippen LogP contribution in [-0.4, -0.2) is 74.5 Å². The van der Waals surface area contributed by atoms with Crippen LogP contribution in [0.4, 0.5) is 0 Å². The number of hydrogen-bond donors (Lipinski definition) is 3. The molecule has 1 heterocycles. The van der Waals surface area contributed by atoms with Crippen molar-refractivity contribution in [2.24, 2.45) is 0 Å². The molecule has 0 aromatic rings. The van der Waals surface area contributed by atoms with Gasteiger partial charge in [-0.3, -0.25) is 9.69 Å². The van der Waals surface area contributed by atoms with Gasteiger partial charge in [0.15, 0.2) is 0 Å². The molecule has 0 radical (unpaired) electrons. The molecule has 6 nitrogen and oxygen atoms in total. The van der Waals surface area contributed by atoms with Crippen LogP contribution in [0.15, 0.2) is 0 Å². The molecule has 1 rings (SSSR count). The van der Waals surface area contributed by atoms with Crippen LogP contribution in [0.1, 0.15) is 6.92 Å². The van der Waals surface area contributed by atoms with Gasteiger partial charge in [0, 0.05) is 46.2 Å². The lowest BCUT2D eigenvalue weighted by molar-refractivity contribution is -0.118. The van der Waals surface area contributed by atoms with Gasteiger partial charge >= 0.3 is 0 Å². The lowest BCUT2D eigenvalue weighted by Gasteiger charge is -2.28. The zero-order valence-electron chi connectivity index (χ0n) is 10.4. The van der Waals surface area contributed by atoms with Crippen molar-refractivity contribution in [3.05, 3.63) is 0 Å². The maximum Gasteiger partial charge on any atom is 0.216 e. The second-order valence-corrected chi connectivity index (χ2v) is 4.25. The first-order chi connectivity index (χ1) is 8.18. The van der Waals surface area contributed by atoms with Gasteiger partial charge in [-0.25, -0.2) is 0 Å². The molecule has 0 bridgehead atoms. The fourth-order valence-electron chi connectivity index (χ4n) is 1.74. The van der Waals surface area contributed by atoms with Crippen molar-refractivity contribution in [2.45, 2.75) is 13.0 Å². The van der Waals surface area contributed by atoms with E-state index in [4.69, 9.17) is 4.74 Å². The molecule has 0 aromatic carbocycles. The topological polar surface area (TPSA) is 73.8 Å². The van der Waals surface area contributed by atoms with Gasteiger partial charge in [0.1, 0.15) is 0 Å². The molecule has 1 aliphatic rings. The third-order valence-corrected chi connectivity index (χ3v) is 2.63. The van der Waals surface area contributed by atoms with E-state index in [1.54, 1.807) is 0 Å². The van der Waals surface area contributed by atoms with Crippen LogP contribution in [0.5, 0.6) is 0 Å². The van der Waals surface area contributed by atoms with Gasteiger partial charge in [-0.15, -0.1) is 0 Å². The summed E-state index contributed by atoms with van der Waals surface area (Å²) in [6.07, 6.45) is -0.370. The van der Waals surface area contributed by atoms with Crippen LogP contribution in [0.3, 0.4) is 0 Å². The number of morpholine rings is 1. The molecule has 3 N–H and O–H groups in total. The van der Waals surface area contributed by atoms with Crippen LogP contribution < -0.4 is 10.6 Å². The average molecular weight is 245 g/mol. The second kappa shape index (κ2) is 8.41. The molecule has 1 aliphatic heterocycles. The minimum absolute atomic E-state index is 0.0272. The van der Waals surface area contributed by atoms with Crippen molar-refractivity contribution in [3.63, 3.8) is 0 Å². The highest BCUT2D eigenvalue weighted by Gasteiger charge is 2.14. The van der Waals surface area contributed by atoms with Crippen molar-refractivity contribution in [1.82, 2.24) is 15.5 Å². The Hall–Kier alpha value is -0.690. The number of ether oxygens (including phenoxy) is 1. The number of rotatable bonds is 7. The Morgan fingerprint density at radius 3 is 2.76 bits per heavy atom. The summed E-state index contributed by atoms with van der Waals surface area (Å²) in [5, 5.41) is 15.6. The lowest BCUT2D eigenvalue weighted by atomic mass is 10.3. The third kappa shape index (κ3) is 7.27. The Kier molecular flexibility index (Phi) is 7.11. The lowest BCUT2D eigenvalue weighted by Crippen LogP contribution is -2.44. The highest BCUT2D eigenvalue weighted by Crippen LogP contribution is 1.97. The molecule has 6 heteroatoms. The maximum absolute atomic E-state index is 10.6. The summed E-state index contributed by atoms with van der Waals surface area (Å²) in [7, 11) is 0. The minimum atomic E-state index is -0.370. The normalized spacial score (nSPS) is 18.9. The SMILES string of the molecule is CC(=O)NCCNCC(O)CN1CCOCC1. The molecular weight excluding hydrogens is 222 g/mol. The Balaban J connectivity index is 1.96. The first-order valence-corrected chi connectivity index (χ1v) is 6.12. The highest BCUT2D eigenvalue weighted by atomic mass is 16.5.